The molecule has 1 aliphatic rings. The number of hydrogen-bond donors (Lipinski definition) is 0. The van der Waals surface area contributed by atoms with Crippen molar-refractivity contribution in [3.05, 3.63) is 35.4 Å². The van der Waals surface area contributed by atoms with E-state index in [1.807, 2.05) is 7.05 Å². The molecule has 0 saturated carbocycles. The molecule has 62 valence electrons. The number of aliphatic imine (C=N–C) groups is 1. The number of benzene rings is 1. The molecule has 1 aromatic carbocycles. The van der Waals surface area contributed by atoms with Gasteiger partial charge in [-0.15, -0.1) is 0 Å². The molecular weight excluding hydrogens is 146 g/mol. The first-order valence-electron chi connectivity index (χ1n) is 4.46. The lowest BCUT2D eigenvalue weighted by atomic mass is 9.90. The fourth-order valence-corrected chi connectivity index (χ4v) is 1.83. The summed E-state index contributed by atoms with van der Waals surface area (Å²) in [6.45, 7) is 0. The Morgan fingerprint density at radius 3 is 2.83 bits per heavy atom. The lowest BCUT2D eigenvalue weighted by molar-refractivity contribution is 0.837. The normalized spacial score (nSPS) is 19.2. The van der Waals surface area contributed by atoms with Gasteiger partial charge in [0.25, 0.3) is 0 Å². The third-order valence-corrected chi connectivity index (χ3v) is 2.46. The number of rotatable bonds is 0. The van der Waals surface area contributed by atoms with Gasteiger partial charge in [0.2, 0.25) is 0 Å². The van der Waals surface area contributed by atoms with Crippen molar-refractivity contribution in [2.24, 2.45) is 4.99 Å². The van der Waals surface area contributed by atoms with Gasteiger partial charge in [0.15, 0.2) is 0 Å². The van der Waals surface area contributed by atoms with Crippen LogP contribution in [0, 0.1) is 0 Å². The van der Waals surface area contributed by atoms with Gasteiger partial charge in [0.05, 0.1) is 0 Å². The molecule has 2 rings (SSSR count). The second kappa shape index (κ2) is 3.10. The molecule has 1 heteroatoms. The summed E-state index contributed by atoms with van der Waals surface area (Å²) >= 11 is 0. The lowest BCUT2D eigenvalue weighted by Gasteiger charge is -2.16. The van der Waals surface area contributed by atoms with Crippen LogP contribution in [0.4, 0.5) is 0 Å². The molecule has 0 radical (unpaired) electrons. The molecule has 0 atom stereocenters. The molecule has 0 unspecified atom stereocenters. The van der Waals surface area contributed by atoms with E-state index in [2.05, 4.69) is 29.3 Å². The first-order chi connectivity index (χ1) is 5.92. The molecule has 0 N–H and O–H groups in total. The Morgan fingerprint density at radius 2 is 2.00 bits per heavy atom. The number of nitrogens with zero attached hydrogens (tertiary/aromatic N) is 1. The van der Waals surface area contributed by atoms with Gasteiger partial charge in [-0.2, -0.15) is 0 Å². The number of hydrogen-bond acceptors (Lipinski definition) is 1. The minimum absolute atomic E-state index is 1.15. The first-order valence-corrected chi connectivity index (χ1v) is 4.46. The maximum atomic E-state index is 4.31. The Balaban J connectivity index is 2.51. The smallest absolute Gasteiger partial charge is 0.0419 e. The van der Waals surface area contributed by atoms with Crippen LogP contribution in [0.25, 0.3) is 0 Å². The molecule has 1 nitrogen and oxygen atoms in total. The molecule has 1 aliphatic carbocycles. The summed E-state index contributed by atoms with van der Waals surface area (Å²) < 4.78 is 0. The average molecular weight is 159 g/mol. The van der Waals surface area contributed by atoms with Crippen LogP contribution in [0.15, 0.2) is 29.3 Å². The molecule has 0 heterocycles. The zero-order valence-corrected chi connectivity index (χ0v) is 7.38. The fraction of sp³-hybridized carbons (Fsp3) is 0.364. The van der Waals surface area contributed by atoms with E-state index in [-0.39, 0.29) is 0 Å². The fourth-order valence-electron chi connectivity index (χ4n) is 1.83. The molecule has 12 heavy (non-hydrogen) atoms. The van der Waals surface area contributed by atoms with Gasteiger partial charge < -0.3 is 0 Å². The maximum absolute atomic E-state index is 4.31. The largest absolute Gasteiger partial charge is 0.292 e. The zero-order chi connectivity index (χ0) is 8.39. The van der Waals surface area contributed by atoms with E-state index in [1.54, 1.807) is 0 Å². The highest BCUT2D eigenvalue weighted by atomic mass is 14.7. The predicted octanol–water partition coefficient (Wildman–Crippen LogP) is 2.44. The molecule has 0 fully saturated rings. The first kappa shape index (κ1) is 7.53. The van der Waals surface area contributed by atoms with Gasteiger partial charge >= 0.3 is 0 Å². The van der Waals surface area contributed by atoms with Gasteiger partial charge in [-0.05, 0) is 30.4 Å². The quantitative estimate of drug-likeness (QED) is 0.551. The topological polar surface area (TPSA) is 12.4 Å². The summed E-state index contributed by atoms with van der Waals surface area (Å²) in [4.78, 5) is 4.31. The van der Waals surface area contributed by atoms with Crippen molar-refractivity contribution in [2.45, 2.75) is 19.3 Å². The van der Waals surface area contributed by atoms with E-state index < -0.39 is 0 Å². The lowest BCUT2D eigenvalue weighted by Crippen LogP contribution is -2.11. The van der Waals surface area contributed by atoms with Gasteiger partial charge in [-0.1, -0.05) is 24.3 Å². The molecule has 0 aliphatic heterocycles. The minimum atomic E-state index is 1.15. The summed E-state index contributed by atoms with van der Waals surface area (Å²) in [6.07, 6.45) is 3.62. The molecule has 0 saturated heterocycles. The van der Waals surface area contributed by atoms with Crippen molar-refractivity contribution < 1.29 is 0 Å². The van der Waals surface area contributed by atoms with Crippen LogP contribution in [0.1, 0.15) is 24.0 Å². The molecule has 0 bridgehead atoms. The van der Waals surface area contributed by atoms with Gasteiger partial charge in [0, 0.05) is 12.8 Å². The van der Waals surface area contributed by atoms with Gasteiger partial charge in [-0.25, -0.2) is 0 Å². The Morgan fingerprint density at radius 1 is 1.17 bits per heavy atom. The Hall–Kier alpha value is -1.11. The SMILES string of the molecule is C/N=C1\CCCc2ccccc21. The zero-order valence-electron chi connectivity index (χ0n) is 7.38. The van der Waals surface area contributed by atoms with Gasteiger partial charge in [-0.3, -0.25) is 4.99 Å². The Bertz CT molecular complexity index is 313. The highest BCUT2D eigenvalue weighted by molar-refractivity contribution is 6.02. The number of fused-ring (bicyclic) bond motifs is 1. The average Bonchev–Trinajstić information content (AvgIpc) is 2.17. The number of aryl methyl sites for hydroxylation is 1. The Kier molecular flexibility index (Phi) is 1.94. The molecule has 0 aromatic heterocycles. The van der Waals surface area contributed by atoms with Crippen LogP contribution >= 0.6 is 0 Å². The molecule has 0 spiro atoms. The molecule has 0 amide bonds. The highest BCUT2D eigenvalue weighted by Crippen LogP contribution is 2.20. The van der Waals surface area contributed by atoms with Crippen LogP contribution < -0.4 is 0 Å². The third kappa shape index (κ3) is 1.15. The third-order valence-electron chi connectivity index (χ3n) is 2.46. The maximum Gasteiger partial charge on any atom is 0.0419 e. The van der Waals surface area contributed by atoms with Crippen molar-refractivity contribution in [3.8, 4) is 0 Å². The predicted molar refractivity (Wildman–Crippen MR) is 51.8 cm³/mol. The van der Waals surface area contributed by atoms with Crippen molar-refractivity contribution in [1.82, 2.24) is 0 Å². The van der Waals surface area contributed by atoms with E-state index in [9.17, 15) is 0 Å². The van der Waals surface area contributed by atoms with E-state index in [1.165, 1.54) is 29.7 Å². The molecule has 1 aromatic rings. The van der Waals surface area contributed by atoms with Gasteiger partial charge in [0.1, 0.15) is 0 Å². The monoisotopic (exact) mass is 159 g/mol. The van der Waals surface area contributed by atoms with E-state index in [4.69, 9.17) is 0 Å². The van der Waals surface area contributed by atoms with E-state index in [0.717, 1.165) is 6.42 Å². The summed E-state index contributed by atoms with van der Waals surface area (Å²) in [7, 11) is 1.89. The minimum Gasteiger partial charge on any atom is -0.292 e. The van der Waals surface area contributed by atoms with E-state index >= 15 is 0 Å². The van der Waals surface area contributed by atoms with Crippen molar-refractivity contribution in [1.29, 1.82) is 0 Å². The summed E-state index contributed by atoms with van der Waals surface area (Å²) in [6, 6.07) is 8.59. The summed E-state index contributed by atoms with van der Waals surface area (Å²) in [5.41, 5.74) is 4.10. The summed E-state index contributed by atoms with van der Waals surface area (Å²) in [5, 5.41) is 0. The van der Waals surface area contributed by atoms with Crippen LogP contribution in [0.5, 0.6) is 0 Å². The van der Waals surface area contributed by atoms with Crippen LogP contribution in [-0.2, 0) is 6.42 Å². The van der Waals surface area contributed by atoms with Crippen LogP contribution in [0.2, 0.25) is 0 Å². The molecular formula is C11H13N. The Labute approximate surface area is 73.1 Å². The van der Waals surface area contributed by atoms with Crippen molar-refractivity contribution in [2.75, 3.05) is 7.05 Å². The van der Waals surface area contributed by atoms with Crippen LogP contribution in [-0.4, -0.2) is 12.8 Å². The standard InChI is InChI=1S/C11H13N/c1-12-11-8-4-6-9-5-2-3-7-10(9)11/h2-3,5,7H,4,6,8H2,1H3/b12-11+. The van der Waals surface area contributed by atoms with Crippen molar-refractivity contribution in [3.63, 3.8) is 0 Å². The van der Waals surface area contributed by atoms with E-state index in [0.29, 0.717) is 0 Å². The van der Waals surface area contributed by atoms with Crippen LogP contribution in [0.3, 0.4) is 0 Å². The summed E-state index contributed by atoms with van der Waals surface area (Å²) in [5.74, 6) is 0. The second-order valence-corrected chi connectivity index (χ2v) is 3.18. The van der Waals surface area contributed by atoms with Crippen molar-refractivity contribution >= 4 is 5.71 Å². The highest BCUT2D eigenvalue weighted by Gasteiger charge is 2.12. The second-order valence-electron chi connectivity index (χ2n) is 3.18.